The van der Waals surface area contributed by atoms with Crippen molar-refractivity contribution < 1.29 is 4.79 Å². The number of urea groups is 1. The molecule has 0 aromatic heterocycles. The molecular weight excluding hydrogens is 248 g/mol. The summed E-state index contributed by atoms with van der Waals surface area (Å²) in [4.78, 5) is 13.7. The van der Waals surface area contributed by atoms with Crippen molar-refractivity contribution in [2.24, 2.45) is 5.73 Å². The first kappa shape index (κ1) is 11.5. The first-order valence-corrected chi connectivity index (χ1v) is 6.98. The predicted molar refractivity (Wildman–Crippen MR) is 79.2 cm³/mol. The third-order valence-corrected chi connectivity index (χ3v) is 4.55. The number of rotatable bonds is 0. The molecule has 2 N–H and O–H groups in total. The number of carbonyl (C=O) groups is 1. The molecule has 2 aliphatic rings. The van der Waals surface area contributed by atoms with Crippen LogP contribution in [0.15, 0.2) is 48.5 Å². The topological polar surface area (TPSA) is 46.3 Å². The van der Waals surface area contributed by atoms with Crippen LogP contribution in [0, 0.1) is 0 Å². The van der Waals surface area contributed by atoms with E-state index in [-0.39, 0.29) is 5.41 Å². The van der Waals surface area contributed by atoms with Gasteiger partial charge in [-0.3, -0.25) is 4.90 Å². The van der Waals surface area contributed by atoms with E-state index in [0.29, 0.717) is 0 Å². The predicted octanol–water partition coefficient (Wildman–Crippen LogP) is 3.49. The zero-order chi connectivity index (χ0) is 13.7. The highest BCUT2D eigenvalue weighted by molar-refractivity contribution is 6.00. The van der Waals surface area contributed by atoms with Gasteiger partial charge in [-0.05, 0) is 42.5 Å². The average Bonchev–Trinajstić information content (AvgIpc) is 3.23. The Morgan fingerprint density at radius 1 is 1.00 bits per heavy atom. The van der Waals surface area contributed by atoms with Crippen molar-refractivity contribution in [3.05, 3.63) is 59.7 Å². The van der Waals surface area contributed by atoms with Gasteiger partial charge in [0, 0.05) is 5.41 Å². The van der Waals surface area contributed by atoms with Crippen LogP contribution in [0.4, 0.5) is 16.2 Å². The largest absolute Gasteiger partial charge is 0.351 e. The van der Waals surface area contributed by atoms with Gasteiger partial charge in [0.15, 0.2) is 0 Å². The van der Waals surface area contributed by atoms with Crippen molar-refractivity contribution in [2.45, 2.75) is 24.7 Å². The van der Waals surface area contributed by atoms with Crippen LogP contribution >= 0.6 is 0 Å². The van der Waals surface area contributed by atoms with Gasteiger partial charge < -0.3 is 5.73 Å². The zero-order valence-corrected chi connectivity index (χ0v) is 11.2. The summed E-state index contributed by atoms with van der Waals surface area (Å²) in [5.41, 5.74) is 10.2. The molecule has 100 valence electrons. The molecule has 0 unspecified atom stereocenters. The summed E-state index contributed by atoms with van der Waals surface area (Å²) < 4.78 is 0. The smallest absolute Gasteiger partial charge is 0.323 e. The highest BCUT2D eigenvalue weighted by Gasteiger charge is 2.48. The molecule has 0 saturated heterocycles. The Morgan fingerprint density at radius 2 is 1.65 bits per heavy atom. The fraction of sp³-hybridized carbons (Fsp3) is 0.235. The fourth-order valence-electron chi connectivity index (χ4n) is 3.42. The molecule has 1 saturated carbocycles. The highest BCUT2D eigenvalue weighted by atomic mass is 16.2. The molecule has 1 heterocycles. The first-order chi connectivity index (χ1) is 9.71. The maximum atomic E-state index is 12.0. The number of fused-ring (bicyclic) bond motifs is 3. The zero-order valence-electron chi connectivity index (χ0n) is 11.2. The van der Waals surface area contributed by atoms with E-state index in [1.165, 1.54) is 24.0 Å². The Bertz CT molecular complexity index is 704. The van der Waals surface area contributed by atoms with Crippen LogP contribution in [0.5, 0.6) is 0 Å². The Kier molecular flexibility index (Phi) is 2.22. The Morgan fingerprint density at radius 3 is 2.35 bits per heavy atom. The van der Waals surface area contributed by atoms with E-state index in [0.717, 1.165) is 17.8 Å². The lowest BCUT2D eigenvalue weighted by Crippen LogP contribution is -2.32. The maximum Gasteiger partial charge on any atom is 0.323 e. The SMILES string of the molecule is NC(=O)N1c2ccccc2CC2(CC2)c2ccccc21. The minimum absolute atomic E-state index is 0.205. The van der Waals surface area contributed by atoms with Crippen LogP contribution in [0.25, 0.3) is 0 Å². The van der Waals surface area contributed by atoms with E-state index in [2.05, 4.69) is 12.1 Å². The van der Waals surface area contributed by atoms with E-state index >= 15 is 0 Å². The monoisotopic (exact) mass is 264 g/mol. The second-order valence-corrected chi connectivity index (χ2v) is 5.78. The minimum atomic E-state index is -0.414. The molecule has 4 rings (SSSR count). The van der Waals surface area contributed by atoms with Gasteiger partial charge in [-0.1, -0.05) is 36.4 Å². The van der Waals surface area contributed by atoms with Crippen LogP contribution in [0.3, 0.4) is 0 Å². The van der Waals surface area contributed by atoms with E-state index in [1.54, 1.807) is 4.90 Å². The molecule has 3 nitrogen and oxygen atoms in total. The average molecular weight is 264 g/mol. The fourth-order valence-corrected chi connectivity index (χ4v) is 3.42. The van der Waals surface area contributed by atoms with Gasteiger partial charge in [-0.15, -0.1) is 0 Å². The molecule has 1 fully saturated rings. The number of amides is 2. The van der Waals surface area contributed by atoms with Crippen molar-refractivity contribution in [3.63, 3.8) is 0 Å². The summed E-state index contributed by atoms with van der Waals surface area (Å²) in [7, 11) is 0. The number of nitrogens with zero attached hydrogens (tertiary/aromatic N) is 1. The number of carbonyl (C=O) groups excluding carboxylic acids is 1. The normalized spacial score (nSPS) is 18.1. The lowest BCUT2D eigenvalue weighted by atomic mass is 9.89. The Labute approximate surface area is 118 Å². The Hall–Kier alpha value is -2.29. The Balaban J connectivity index is 2.03. The first-order valence-electron chi connectivity index (χ1n) is 6.98. The quantitative estimate of drug-likeness (QED) is 0.777. The van der Waals surface area contributed by atoms with Gasteiger partial charge in [-0.25, -0.2) is 4.79 Å². The summed E-state index contributed by atoms with van der Waals surface area (Å²) in [6.07, 6.45) is 3.36. The van der Waals surface area contributed by atoms with Crippen molar-refractivity contribution in [1.29, 1.82) is 0 Å². The second-order valence-electron chi connectivity index (χ2n) is 5.78. The number of anilines is 2. The van der Waals surface area contributed by atoms with Gasteiger partial charge in [0.1, 0.15) is 0 Å². The molecule has 20 heavy (non-hydrogen) atoms. The number of para-hydroxylation sites is 2. The molecule has 3 heteroatoms. The molecule has 2 aromatic rings. The van der Waals surface area contributed by atoms with Gasteiger partial charge in [0.25, 0.3) is 0 Å². The summed E-state index contributed by atoms with van der Waals surface area (Å²) in [6, 6.07) is 15.8. The summed E-state index contributed by atoms with van der Waals surface area (Å²) in [5, 5.41) is 0. The van der Waals surface area contributed by atoms with E-state index < -0.39 is 6.03 Å². The van der Waals surface area contributed by atoms with Gasteiger partial charge in [0.2, 0.25) is 0 Å². The highest BCUT2D eigenvalue weighted by Crippen LogP contribution is 2.56. The van der Waals surface area contributed by atoms with Crippen LogP contribution in [0.1, 0.15) is 24.0 Å². The van der Waals surface area contributed by atoms with Crippen molar-refractivity contribution in [1.82, 2.24) is 0 Å². The molecular formula is C17H16N2O. The molecule has 0 bridgehead atoms. The minimum Gasteiger partial charge on any atom is -0.351 e. The summed E-state index contributed by atoms with van der Waals surface area (Å²) in [6.45, 7) is 0. The number of nitrogens with two attached hydrogens (primary N) is 1. The van der Waals surface area contributed by atoms with Gasteiger partial charge in [0.05, 0.1) is 11.4 Å². The molecule has 1 aliphatic carbocycles. The van der Waals surface area contributed by atoms with Crippen molar-refractivity contribution in [2.75, 3.05) is 4.90 Å². The number of hydrogen-bond donors (Lipinski definition) is 1. The molecule has 2 amide bonds. The third-order valence-electron chi connectivity index (χ3n) is 4.55. The standard InChI is InChI=1S/C17H16N2O/c18-16(20)19-14-7-3-1-5-12(14)11-17(9-10-17)13-6-2-4-8-15(13)19/h1-8H,9-11H2,(H2,18,20). The van der Waals surface area contributed by atoms with Gasteiger partial charge in [-0.2, -0.15) is 0 Å². The summed E-state index contributed by atoms with van der Waals surface area (Å²) >= 11 is 0. The van der Waals surface area contributed by atoms with Crippen LogP contribution in [-0.2, 0) is 11.8 Å². The van der Waals surface area contributed by atoms with E-state index in [1.807, 2.05) is 36.4 Å². The van der Waals surface area contributed by atoms with Crippen molar-refractivity contribution >= 4 is 17.4 Å². The molecule has 2 aromatic carbocycles. The van der Waals surface area contributed by atoms with Crippen LogP contribution < -0.4 is 10.6 Å². The van der Waals surface area contributed by atoms with Gasteiger partial charge >= 0.3 is 6.03 Å². The molecule has 1 aliphatic heterocycles. The van der Waals surface area contributed by atoms with Crippen LogP contribution in [-0.4, -0.2) is 6.03 Å². The van der Waals surface area contributed by atoms with E-state index in [4.69, 9.17) is 5.73 Å². The lowest BCUT2D eigenvalue weighted by molar-refractivity contribution is 0.256. The molecule has 1 spiro atoms. The third kappa shape index (κ3) is 1.49. The summed E-state index contributed by atoms with van der Waals surface area (Å²) in [5.74, 6) is 0. The lowest BCUT2D eigenvalue weighted by Gasteiger charge is -2.23. The van der Waals surface area contributed by atoms with Crippen LogP contribution in [0.2, 0.25) is 0 Å². The molecule has 0 radical (unpaired) electrons. The van der Waals surface area contributed by atoms with Crippen molar-refractivity contribution in [3.8, 4) is 0 Å². The molecule has 0 atom stereocenters. The van der Waals surface area contributed by atoms with E-state index in [9.17, 15) is 4.79 Å². The number of primary amides is 1. The number of hydrogen-bond acceptors (Lipinski definition) is 1. The number of benzene rings is 2. The maximum absolute atomic E-state index is 12.0. The second kappa shape index (κ2) is 3.85.